The Bertz CT molecular complexity index is 1460. The van der Waals surface area contributed by atoms with Crippen molar-refractivity contribution >= 4 is 28.6 Å². The quantitative estimate of drug-likeness (QED) is 0.434. The molecule has 0 bridgehead atoms. The van der Waals surface area contributed by atoms with Crippen molar-refractivity contribution in [2.75, 3.05) is 50.6 Å². The van der Waals surface area contributed by atoms with E-state index in [-0.39, 0.29) is 11.6 Å². The van der Waals surface area contributed by atoms with Gasteiger partial charge in [-0.25, -0.2) is 9.78 Å². The summed E-state index contributed by atoms with van der Waals surface area (Å²) >= 11 is 0. The first kappa shape index (κ1) is 24.2. The summed E-state index contributed by atoms with van der Waals surface area (Å²) in [5, 5.41) is 2.92. The SMILES string of the molecule is COc1ccc(NC(=O)N2CCN(c3nc4ccccc4n(Cc4ccccc4)c3=O)CC2)cc1OC. The minimum atomic E-state index is -0.208. The number of nitrogens with one attached hydrogen (secondary N) is 1. The van der Waals surface area contributed by atoms with Gasteiger partial charge >= 0.3 is 6.03 Å². The molecular weight excluding hydrogens is 470 g/mol. The van der Waals surface area contributed by atoms with Crippen molar-refractivity contribution in [1.82, 2.24) is 14.5 Å². The first-order valence-electron chi connectivity index (χ1n) is 12.1. The van der Waals surface area contributed by atoms with Gasteiger partial charge in [-0.2, -0.15) is 0 Å². The summed E-state index contributed by atoms with van der Waals surface area (Å²) in [5.74, 6) is 1.55. The number of ether oxygens (including phenoxy) is 2. The molecule has 4 aromatic rings. The molecule has 9 nitrogen and oxygen atoms in total. The van der Waals surface area contributed by atoms with Crippen molar-refractivity contribution in [2.45, 2.75) is 6.54 Å². The van der Waals surface area contributed by atoms with Gasteiger partial charge in [0.05, 0.1) is 31.8 Å². The van der Waals surface area contributed by atoms with Crippen molar-refractivity contribution in [1.29, 1.82) is 0 Å². The molecule has 2 heterocycles. The average Bonchev–Trinajstić information content (AvgIpc) is 2.95. The number of para-hydroxylation sites is 2. The maximum atomic E-state index is 13.6. The number of methoxy groups -OCH3 is 2. The van der Waals surface area contributed by atoms with E-state index in [0.29, 0.717) is 55.7 Å². The summed E-state index contributed by atoms with van der Waals surface area (Å²) in [6.07, 6.45) is 0. The number of hydrogen-bond donors (Lipinski definition) is 1. The molecule has 2 amide bonds. The average molecular weight is 500 g/mol. The molecule has 0 saturated carbocycles. The standard InChI is InChI=1S/C28H29N5O4/c1-36-24-13-12-21(18-25(24)37-2)29-28(35)32-16-14-31(15-17-32)26-27(34)33(19-20-8-4-3-5-9-20)23-11-7-6-10-22(23)30-26/h3-13,18H,14-17,19H2,1-2H3,(H,29,35). The topological polar surface area (TPSA) is 88.9 Å². The second-order valence-electron chi connectivity index (χ2n) is 8.78. The molecule has 1 aliphatic rings. The van der Waals surface area contributed by atoms with E-state index in [9.17, 15) is 9.59 Å². The summed E-state index contributed by atoms with van der Waals surface area (Å²) in [7, 11) is 3.12. The third kappa shape index (κ3) is 5.06. The molecule has 1 aliphatic heterocycles. The molecule has 0 atom stereocenters. The van der Waals surface area contributed by atoms with Crippen LogP contribution in [0.25, 0.3) is 11.0 Å². The monoisotopic (exact) mass is 499 g/mol. The Morgan fingerprint density at radius 1 is 0.892 bits per heavy atom. The van der Waals surface area contributed by atoms with Crippen molar-refractivity contribution in [3.63, 3.8) is 0 Å². The molecule has 9 heteroatoms. The van der Waals surface area contributed by atoms with Crippen molar-refractivity contribution in [3.05, 3.63) is 88.7 Å². The van der Waals surface area contributed by atoms with Gasteiger partial charge in [0, 0.05) is 37.9 Å². The van der Waals surface area contributed by atoms with Gasteiger partial charge in [0.2, 0.25) is 0 Å². The normalized spacial score (nSPS) is 13.5. The summed E-state index contributed by atoms with van der Waals surface area (Å²) in [6.45, 7) is 2.40. The molecule has 1 aromatic heterocycles. The van der Waals surface area contributed by atoms with Gasteiger partial charge in [0.1, 0.15) is 0 Å². The third-order valence-electron chi connectivity index (χ3n) is 6.52. The molecule has 1 saturated heterocycles. The maximum absolute atomic E-state index is 13.6. The number of fused-ring (bicyclic) bond motifs is 1. The van der Waals surface area contributed by atoms with Crippen LogP contribution in [0.15, 0.2) is 77.6 Å². The Balaban J connectivity index is 1.33. The van der Waals surface area contributed by atoms with Crippen LogP contribution in [0.5, 0.6) is 11.5 Å². The lowest BCUT2D eigenvalue weighted by atomic mass is 10.2. The molecule has 1 N–H and O–H groups in total. The lowest BCUT2D eigenvalue weighted by molar-refractivity contribution is 0.208. The Kier molecular flexibility index (Phi) is 6.93. The Morgan fingerprint density at radius 2 is 1.59 bits per heavy atom. The zero-order chi connectivity index (χ0) is 25.8. The van der Waals surface area contributed by atoms with Gasteiger partial charge in [-0.05, 0) is 29.8 Å². The molecular formula is C28H29N5O4. The number of piperazine rings is 1. The van der Waals surface area contributed by atoms with Crippen molar-refractivity contribution < 1.29 is 14.3 Å². The smallest absolute Gasteiger partial charge is 0.321 e. The van der Waals surface area contributed by atoms with Gasteiger partial charge in [-0.15, -0.1) is 0 Å². The van der Waals surface area contributed by atoms with Crippen molar-refractivity contribution in [3.8, 4) is 11.5 Å². The highest BCUT2D eigenvalue weighted by molar-refractivity contribution is 5.90. The van der Waals surface area contributed by atoms with Crippen LogP contribution >= 0.6 is 0 Å². The van der Waals surface area contributed by atoms with Crippen LogP contribution in [0, 0.1) is 0 Å². The molecule has 0 radical (unpaired) electrons. The molecule has 37 heavy (non-hydrogen) atoms. The molecule has 190 valence electrons. The summed E-state index contributed by atoms with van der Waals surface area (Å²) < 4.78 is 12.4. The van der Waals surface area contributed by atoms with E-state index in [1.54, 1.807) is 41.9 Å². The van der Waals surface area contributed by atoms with Crippen LogP contribution in [-0.2, 0) is 6.54 Å². The van der Waals surface area contributed by atoms with Crippen LogP contribution in [0.2, 0.25) is 0 Å². The lowest BCUT2D eigenvalue weighted by Gasteiger charge is -2.35. The molecule has 3 aromatic carbocycles. The van der Waals surface area contributed by atoms with E-state index in [2.05, 4.69) is 5.32 Å². The highest BCUT2D eigenvalue weighted by Crippen LogP contribution is 2.30. The predicted molar refractivity (Wildman–Crippen MR) is 144 cm³/mol. The van der Waals surface area contributed by atoms with Gasteiger partial charge in [-0.1, -0.05) is 42.5 Å². The first-order valence-corrected chi connectivity index (χ1v) is 12.1. The zero-order valence-electron chi connectivity index (χ0n) is 20.9. The number of benzene rings is 3. The van der Waals surface area contributed by atoms with Crippen molar-refractivity contribution in [2.24, 2.45) is 0 Å². The van der Waals surface area contributed by atoms with Crippen LogP contribution in [0.3, 0.4) is 0 Å². The molecule has 5 rings (SSSR count). The Hall–Kier alpha value is -4.53. The van der Waals surface area contributed by atoms with Gasteiger partial charge < -0.3 is 24.6 Å². The minimum absolute atomic E-state index is 0.134. The van der Waals surface area contributed by atoms with E-state index in [4.69, 9.17) is 14.5 Å². The Morgan fingerprint density at radius 3 is 2.32 bits per heavy atom. The number of urea groups is 1. The second kappa shape index (κ2) is 10.6. The number of carbonyl (C=O) groups excluding carboxylic acids is 1. The number of nitrogens with zero attached hydrogens (tertiary/aromatic N) is 4. The number of rotatable bonds is 6. The number of hydrogen-bond acceptors (Lipinski definition) is 6. The predicted octanol–water partition coefficient (Wildman–Crippen LogP) is 3.82. The van der Waals surface area contributed by atoms with Crippen LogP contribution in [0.1, 0.15) is 5.56 Å². The van der Waals surface area contributed by atoms with E-state index in [0.717, 1.165) is 16.6 Å². The van der Waals surface area contributed by atoms with Gasteiger partial charge in [-0.3, -0.25) is 9.36 Å². The van der Waals surface area contributed by atoms with Crippen LogP contribution < -0.4 is 25.2 Å². The highest BCUT2D eigenvalue weighted by Gasteiger charge is 2.25. The first-order chi connectivity index (χ1) is 18.1. The van der Waals surface area contributed by atoms with Crippen LogP contribution in [0.4, 0.5) is 16.3 Å². The van der Waals surface area contributed by atoms with Crippen LogP contribution in [-0.4, -0.2) is 60.9 Å². The number of aromatic nitrogens is 2. The number of anilines is 2. The van der Waals surface area contributed by atoms with E-state index >= 15 is 0 Å². The van der Waals surface area contributed by atoms with Gasteiger partial charge in [0.15, 0.2) is 17.3 Å². The fourth-order valence-corrected chi connectivity index (χ4v) is 4.55. The maximum Gasteiger partial charge on any atom is 0.321 e. The van der Waals surface area contributed by atoms with Gasteiger partial charge in [0.25, 0.3) is 5.56 Å². The van der Waals surface area contributed by atoms with E-state index in [1.165, 1.54) is 0 Å². The van der Waals surface area contributed by atoms with E-state index < -0.39 is 0 Å². The molecule has 1 fully saturated rings. The second-order valence-corrected chi connectivity index (χ2v) is 8.78. The summed E-state index contributed by atoms with van der Waals surface area (Å²) in [6, 6.07) is 22.6. The summed E-state index contributed by atoms with van der Waals surface area (Å²) in [4.78, 5) is 34.9. The molecule has 0 aliphatic carbocycles. The minimum Gasteiger partial charge on any atom is -0.493 e. The lowest BCUT2D eigenvalue weighted by Crippen LogP contribution is -2.51. The summed E-state index contributed by atoms with van der Waals surface area (Å²) in [5.41, 5.74) is 3.09. The largest absolute Gasteiger partial charge is 0.493 e. The highest BCUT2D eigenvalue weighted by atomic mass is 16.5. The zero-order valence-corrected chi connectivity index (χ0v) is 20.9. The fourth-order valence-electron chi connectivity index (χ4n) is 4.55. The number of amides is 2. The third-order valence-corrected chi connectivity index (χ3v) is 6.52. The molecule has 0 spiro atoms. The fraction of sp³-hybridized carbons (Fsp3) is 0.250. The molecule has 0 unspecified atom stereocenters. The number of carbonyl (C=O) groups is 1. The van der Waals surface area contributed by atoms with E-state index in [1.807, 2.05) is 59.5 Å². The Labute approximate surface area is 214 Å².